The normalized spacial score (nSPS) is 26.1. The minimum Gasteiger partial charge on any atom is -0.393 e. The van der Waals surface area contributed by atoms with E-state index in [1.807, 2.05) is 0 Å². The Kier molecular flexibility index (Phi) is 4.50. The maximum Gasteiger partial charge on any atom is 0.236 e. The highest BCUT2D eigenvalue weighted by atomic mass is 19.1. The molecule has 84 valence electrons. The third-order valence-electron chi connectivity index (χ3n) is 2.76. The third kappa shape index (κ3) is 3.17. The van der Waals surface area contributed by atoms with Crippen molar-refractivity contribution in [2.24, 2.45) is 5.92 Å². The lowest BCUT2D eigenvalue weighted by atomic mass is 9.92. The van der Waals surface area contributed by atoms with Crippen LogP contribution in [0.5, 0.6) is 0 Å². The number of piperidine rings is 1. The van der Waals surface area contributed by atoms with Crippen LogP contribution in [0.15, 0.2) is 0 Å². The molecule has 1 heterocycles. The highest BCUT2D eigenvalue weighted by Gasteiger charge is 2.29. The van der Waals surface area contributed by atoms with Crippen LogP contribution in [0.3, 0.4) is 0 Å². The number of amides is 1. The van der Waals surface area contributed by atoms with E-state index >= 15 is 0 Å². The van der Waals surface area contributed by atoms with E-state index in [1.165, 1.54) is 4.90 Å². The summed E-state index contributed by atoms with van der Waals surface area (Å²) in [6.07, 6.45) is 0.0875. The number of carbonyl (C=O) groups is 1. The fourth-order valence-corrected chi connectivity index (χ4v) is 1.85. The number of likely N-dealkylation sites (tertiary alicyclic amines) is 1. The zero-order valence-electron chi connectivity index (χ0n) is 8.53. The number of nitriles is 1. The Morgan fingerprint density at radius 2 is 2.40 bits per heavy atom. The molecule has 1 saturated heterocycles. The highest BCUT2D eigenvalue weighted by molar-refractivity contribution is 5.78. The van der Waals surface area contributed by atoms with Gasteiger partial charge in [0.15, 0.2) is 0 Å². The molecule has 1 amide bonds. The second-order valence-electron chi connectivity index (χ2n) is 3.77. The number of alkyl halides is 1. The van der Waals surface area contributed by atoms with Gasteiger partial charge in [-0.05, 0) is 12.8 Å². The second kappa shape index (κ2) is 5.66. The number of halogens is 1. The first-order valence-electron chi connectivity index (χ1n) is 5.07. The fraction of sp³-hybridized carbons (Fsp3) is 0.800. The molecule has 0 aromatic heterocycles. The Balaban J connectivity index is 2.50. The van der Waals surface area contributed by atoms with Gasteiger partial charge in [0.05, 0.1) is 18.8 Å². The molecule has 2 atom stereocenters. The Hall–Kier alpha value is -1.15. The molecule has 0 aliphatic carbocycles. The summed E-state index contributed by atoms with van der Waals surface area (Å²) in [6.45, 7) is 0.345. The molecule has 0 bridgehead atoms. The van der Waals surface area contributed by atoms with Crippen LogP contribution in [0.2, 0.25) is 0 Å². The number of aliphatic hydroxyl groups excluding tert-OH is 1. The number of rotatable bonds is 3. The van der Waals surface area contributed by atoms with E-state index < -0.39 is 12.8 Å². The van der Waals surface area contributed by atoms with Crippen LogP contribution in [-0.2, 0) is 4.79 Å². The van der Waals surface area contributed by atoms with Crippen molar-refractivity contribution >= 4 is 5.91 Å². The summed E-state index contributed by atoms with van der Waals surface area (Å²) in [7, 11) is 0. The van der Waals surface area contributed by atoms with Crippen LogP contribution in [0.4, 0.5) is 4.39 Å². The quantitative estimate of drug-likeness (QED) is 0.742. The van der Waals surface area contributed by atoms with E-state index in [1.54, 1.807) is 6.07 Å². The van der Waals surface area contributed by atoms with Crippen molar-refractivity contribution < 1.29 is 14.3 Å². The van der Waals surface area contributed by atoms with Crippen molar-refractivity contribution in [2.75, 3.05) is 19.8 Å². The average molecular weight is 214 g/mol. The first kappa shape index (κ1) is 11.9. The third-order valence-corrected chi connectivity index (χ3v) is 2.76. The minimum absolute atomic E-state index is 0.140. The second-order valence-corrected chi connectivity index (χ2v) is 3.77. The zero-order chi connectivity index (χ0) is 11.3. The summed E-state index contributed by atoms with van der Waals surface area (Å²) in [5, 5.41) is 17.9. The summed E-state index contributed by atoms with van der Waals surface area (Å²) in [6, 6.07) is 1.80. The van der Waals surface area contributed by atoms with Crippen molar-refractivity contribution in [3.63, 3.8) is 0 Å². The largest absolute Gasteiger partial charge is 0.393 e. The lowest BCUT2D eigenvalue weighted by molar-refractivity contribution is -0.134. The molecule has 0 spiro atoms. The molecule has 1 fully saturated rings. The summed E-state index contributed by atoms with van der Waals surface area (Å²) in [5.41, 5.74) is 0. The Morgan fingerprint density at radius 3 is 3.00 bits per heavy atom. The van der Waals surface area contributed by atoms with Gasteiger partial charge in [0.1, 0.15) is 6.42 Å². The van der Waals surface area contributed by atoms with Gasteiger partial charge in [0.2, 0.25) is 5.91 Å². The van der Waals surface area contributed by atoms with Gasteiger partial charge >= 0.3 is 0 Å². The SMILES string of the molecule is N#CCC(=O)N1CC[C@@H](O)[C@H](CCF)C1. The Labute approximate surface area is 88.3 Å². The summed E-state index contributed by atoms with van der Waals surface area (Å²) in [4.78, 5) is 12.9. The molecular formula is C10H15FN2O2. The molecule has 1 aliphatic rings. The van der Waals surface area contributed by atoms with Gasteiger partial charge in [0.25, 0.3) is 0 Å². The van der Waals surface area contributed by atoms with Crippen LogP contribution >= 0.6 is 0 Å². The highest BCUT2D eigenvalue weighted by Crippen LogP contribution is 2.20. The lowest BCUT2D eigenvalue weighted by Crippen LogP contribution is -2.46. The molecule has 0 aromatic carbocycles. The molecule has 4 nitrogen and oxygen atoms in total. The molecule has 0 unspecified atom stereocenters. The maximum atomic E-state index is 12.2. The number of nitrogens with zero attached hydrogens (tertiary/aromatic N) is 2. The van der Waals surface area contributed by atoms with Crippen molar-refractivity contribution in [3.05, 3.63) is 0 Å². The topological polar surface area (TPSA) is 64.3 Å². The van der Waals surface area contributed by atoms with Crippen LogP contribution in [0.1, 0.15) is 19.3 Å². The summed E-state index contributed by atoms with van der Waals surface area (Å²) < 4.78 is 12.2. The first-order chi connectivity index (χ1) is 7.19. The van der Waals surface area contributed by atoms with Gasteiger partial charge in [0, 0.05) is 19.0 Å². The summed E-state index contributed by atoms with van der Waals surface area (Å²) in [5.74, 6) is -0.417. The van der Waals surface area contributed by atoms with E-state index in [0.29, 0.717) is 19.5 Å². The molecule has 0 aromatic rings. The van der Waals surface area contributed by atoms with Crippen LogP contribution in [0, 0.1) is 17.2 Å². The number of carbonyl (C=O) groups excluding carboxylic acids is 1. The lowest BCUT2D eigenvalue weighted by Gasteiger charge is -2.35. The van der Waals surface area contributed by atoms with Gasteiger partial charge in [-0.25, -0.2) is 0 Å². The van der Waals surface area contributed by atoms with Crippen LogP contribution in [0.25, 0.3) is 0 Å². The number of hydrogen-bond acceptors (Lipinski definition) is 3. The molecule has 1 aliphatic heterocycles. The Bertz CT molecular complexity index is 265. The van der Waals surface area contributed by atoms with E-state index in [-0.39, 0.29) is 24.7 Å². The van der Waals surface area contributed by atoms with Gasteiger partial charge < -0.3 is 10.0 Å². The van der Waals surface area contributed by atoms with E-state index in [9.17, 15) is 14.3 Å². The molecular weight excluding hydrogens is 199 g/mol. The van der Waals surface area contributed by atoms with Crippen molar-refractivity contribution in [1.29, 1.82) is 5.26 Å². The van der Waals surface area contributed by atoms with Gasteiger partial charge in [-0.15, -0.1) is 0 Å². The van der Waals surface area contributed by atoms with Gasteiger partial charge in [-0.1, -0.05) is 0 Å². The van der Waals surface area contributed by atoms with E-state index in [2.05, 4.69) is 0 Å². The average Bonchev–Trinajstić information content (AvgIpc) is 2.22. The summed E-state index contributed by atoms with van der Waals surface area (Å²) >= 11 is 0. The van der Waals surface area contributed by atoms with Crippen LogP contribution < -0.4 is 0 Å². The Morgan fingerprint density at radius 1 is 1.67 bits per heavy atom. The molecule has 5 heteroatoms. The zero-order valence-corrected chi connectivity index (χ0v) is 8.53. The monoisotopic (exact) mass is 214 g/mol. The van der Waals surface area contributed by atoms with Crippen molar-refractivity contribution in [2.45, 2.75) is 25.4 Å². The van der Waals surface area contributed by atoms with Gasteiger partial charge in [-0.3, -0.25) is 9.18 Å². The van der Waals surface area contributed by atoms with Gasteiger partial charge in [-0.2, -0.15) is 5.26 Å². The molecule has 0 saturated carbocycles. The molecule has 1 rings (SSSR count). The number of hydrogen-bond donors (Lipinski definition) is 1. The minimum atomic E-state index is -0.521. The standard InChI is InChI=1S/C10H15FN2O2/c11-4-1-8-7-13(6-3-9(8)14)10(15)2-5-12/h8-9,14H,1-4,6-7H2/t8-,9-/m1/s1. The van der Waals surface area contributed by atoms with E-state index in [0.717, 1.165) is 0 Å². The van der Waals surface area contributed by atoms with Crippen molar-refractivity contribution in [1.82, 2.24) is 4.90 Å². The maximum absolute atomic E-state index is 12.2. The predicted molar refractivity (Wildman–Crippen MR) is 51.5 cm³/mol. The molecule has 0 radical (unpaired) electrons. The van der Waals surface area contributed by atoms with Crippen molar-refractivity contribution in [3.8, 4) is 6.07 Å². The number of aliphatic hydroxyl groups is 1. The molecule has 1 N–H and O–H groups in total. The predicted octanol–water partition coefficient (Wildman–Crippen LogP) is 0.469. The van der Waals surface area contributed by atoms with Crippen LogP contribution in [-0.4, -0.2) is 41.8 Å². The first-order valence-corrected chi connectivity index (χ1v) is 5.07. The fourth-order valence-electron chi connectivity index (χ4n) is 1.85. The molecule has 15 heavy (non-hydrogen) atoms. The smallest absolute Gasteiger partial charge is 0.236 e. The van der Waals surface area contributed by atoms with E-state index in [4.69, 9.17) is 5.26 Å².